The van der Waals surface area contributed by atoms with Crippen LogP contribution in [0.5, 0.6) is 0 Å². The lowest BCUT2D eigenvalue weighted by Gasteiger charge is -2.38. The molecule has 0 spiro atoms. The van der Waals surface area contributed by atoms with Crippen LogP contribution in [0.1, 0.15) is 46.5 Å². The van der Waals surface area contributed by atoms with Gasteiger partial charge in [-0.15, -0.1) is 0 Å². The molecule has 1 aliphatic heterocycles. The molecule has 4 nitrogen and oxygen atoms in total. The quantitative estimate of drug-likeness (QED) is 0.757. The summed E-state index contributed by atoms with van der Waals surface area (Å²) in [5, 5.41) is 0. The van der Waals surface area contributed by atoms with Crippen molar-refractivity contribution in [2.45, 2.75) is 58.0 Å². The second-order valence-corrected chi connectivity index (χ2v) is 5.78. The Bertz CT molecular complexity index is 265. The highest BCUT2D eigenvalue weighted by Crippen LogP contribution is 2.23. The molecule has 100 valence electrons. The molecule has 0 bridgehead atoms. The van der Waals surface area contributed by atoms with Gasteiger partial charge in [0.05, 0.1) is 5.54 Å². The van der Waals surface area contributed by atoms with Gasteiger partial charge in [-0.1, -0.05) is 6.92 Å². The van der Waals surface area contributed by atoms with Crippen LogP contribution in [0.3, 0.4) is 0 Å². The summed E-state index contributed by atoms with van der Waals surface area (Å²) in [5.74, 6) is 0.363. The Morgan fingerprint density at radius 2 is 2.12 bits per heavy atom. The van der Waals surface area contributed by atoms with Crippen molar-refractivity contribution in [3.05, 3.63) is 0 Å². The Labute approximate surface area is 105 Å². The molecule has 4 N–H and O–H groups in total. The van der Waals surface area contributed by atoms with Crippen molar-refractivity contribution >= 4 is 5.91 Å². The van der Waals surface area contributed by atoms with E-state index in [1.165, 1.54) is 19.4 Å². The number of nitrogens with two attached hydrogens (primary N) is 2. The highest BCUT2D eigenvalue weighted by molar-refractivity contribution is 5.83. The molecular formula is C13H27N3O. The number of piperidine rings is 1. The summed E-state index contributed by atoms with van der Waals surface area (Å²) in [6.07, 6.45) is 4.21. The smallest absolute Gasteiger partial charge is 0.237 e. The summed E-state index contributed by atoms with van der Waals surface area (Å²) < 4.78 is 0. The molecule has 0 radical (unpaired) electrons. The third kappa shape index (κ3) is 3.96. The molecule has 1 aliphatic rings. The fourth-order valence-electron chi connectivity index (χ4n) is 2.51. The molecule has 3 atom stereocenters. The van der Waals surface area contributed by atoms with Crippen molar-refractivity contribution in [3.63, 3.8) is 0 Å². The Balaban J connectivity index is 2.33. The van der Waals surface area contributed by atoms with Crippen molar-refractivity contribution in [3.8, 4) is 0 Å². The maximum absolute atomic E-state index is 11.1. The highest BCUT2D eigenvalue weighted by Gasteiger charge is 2.27. The molecule has 0 aromatic heterocycles. The summed E-state index contributed by atoms with van der Waals surface area (Å²) in [6, 6.07) is 0.640. The maximum Gasteiger partial charge on any atom is 0.237 e. The fraction of sp³-hybridized carbons (Fsp3) is 0.923. The molecule has 0 aliphatic carbocycles. The average Bonchev–Trinajstić information content (AvgIpc) is 2.24. The second kappa shape index (κ2) is 5.83. The van der Waals surface area contributed by atoms with E-state index in [1.54, 1.807) is 6.92 Å². The number of hydrogen-bond donors (Lipinski definition) is 2. The number of likely N-dealkylation sites (tertiary alicyclic amines) is 1. The molecule has 4 heteroatoms. The van der Waals surface area contributed by atoms with Gasteiger partial charge in [-0.05, 0) is 58.5 Å². The molecule has 1 saturated heterocycles. The van der Waals surface area contributed by atoms with Crippen molar-refractivity contribution in [1.82, 2.24) is 4.90 Å². The van der Waals surface area contributed by atoms with E-state index in [4.69, 9.17) is 11.5 Å². The van der Waals surface area contributed by atoms with E-state index in [0.29, 0.717) is 12.5 Å². The van der Waals surface area contributed by atoms with Crippen molar-refractivity contribution in [2.24, 2.45) is 17.4 Å². The van der Waals surface area contributed by atoms with E-state index in [-0.39, 0.29) is 0 Å². The van der Waals surface area contributed by atoms with Gasteiger partial charge in [0.2, 0.25) is 5.91 Å². The zero-order chi connectivity index (χ0) is 13.1. The first kappa shape index (κ1) is 14.5. The topological polar surface area (TPSA) is 72.3 Å². The third-order valence-electron chi connectivity index (χ3n) is 4.21. The molecule has 0 aromatic rings. The van der Waals surface area contributed by atoms with Crippen LogP contribution >= 0.6 is 0 Å². The van der Waals surface area contributed by atoms with E-state index in [0.717, 1.165) is 18.9 Å². The molecular weight excluding hydrogens is 214 g/mol. The van der Waals surface area contributed by atoms with Gasteiger partial charge in [0.1, 0.15) is 0 Å². The Hall–Kier alpha value is -0.610. The summed E-state index contributed by atoms with van der Waals surface area (Å²) in [5.41, 5.74) is 10.2. The van der Waals surface area contributed by atoms with E-state index in [2.05, 4.69) is 18.7 Å². The zero-order valence-electron chi connectivity index (χ0n) is 11.4. The minimum absolute atomic E-state index is 0.405. The lowest BCUT2D eigenvalue weighted by molar-refractivity contribution is -0.122. The lowest BCUT2D eigenvalue weighted by atomic mass is 9.91. The normalized spacial score (nSPS) is 29.9. The number of carbonyl (C=O) groups excluding carboxylic acids is 1. The number of rotatable bonds is 5. The molecule has 17 heavy (non-hydrogen) atoms. The van der Waals surface area contributed by atoms with Crippen molar-refractivity contribution in [2.75, 3.05) is 13.1 Å². The first-order valence-corrected chi connectivity index (χ1v) is 6.67. The largest absolute Gasteiger partial charge is 0.368 e. The molecule has 0 saturated carbocycles. The summed E-state index contributed by atoms with van der Waals surface area (Å²) in [4.78, 5) is 13.6. The number of amides is 1. The molecule has 1 amide bonds. The van der Waals surface area contributed by atoms with Gasteiger partial charge in [-0.25, -0.2) is 0 Å². The van der Waals surface area contributed by atoms with Gasteiger partial charge in [0.15, 0.2) is 0 Å². The number of primary amides is 1. The average molecular weight is 241 g/mol. The van der Waals surface area contributed by atoms with Crippen LogP contribution < -0.4 is 11.5 Å². The predicted octanol–water partition coefficient (Wildman–Crippen LogP) is 1.09. The third-order valence-corrected chi connectivity index (χ3v) is 4.21. The molecule has 1 rings (SSSR count). The highest BCUT2D eigenvalue weighted by atomic mass is 16.1. The molecule has 1 fully saturated rings. The van der Waals surface area contributed by atoms with E-state index in [1.807, 2.05) is 0 Å². The van der Waals surface area contributed by atoms with Crippen LogP contribution in [0, 0.1) is 5.92 Å². The van der Waals surface area contributed by atoms with Crippen molar-refractivity contribution in [1.29, 1.82) is 0 Å². The van der Waals surface area contributed by atoms with Gasteiger partial charge in [0, 0.05) is 6.04 Å². The van der Waals surface area contributed by atoms with E-state index in [9.17, 15) is 4.79 Å². The monoisotopic (exact) mass is 241 g/mol. The number of hydrogen-bond acceptors (Lipinski definition) is 3. The summed E-state index contributed by atoms with van der Waals surface area (Å²) in [6.45, 7) is 8.51. The Morgan fingerprint density at radius 1 is 1.47 bits per heavy atom. The summed E-state index contributed by atoms with van der Waals surface area (Å²) >= 11 is 0. The van der Waals surface area contributed by atoms with Crippen LogP contribution in [-0.4, -0.2) is 35.5 Å². The van der Waals surface area contributed by atoms with Crippen LogP contribution in [-0.2, 0) is 4.79 Å². The summed E-state index contributed by atoms with van der Waals surface area (Å²) in [7, 11) is 0. The standard InChI is InChI=1S/C13H27N3O/c1-10-6-4-8-16(11(10)2)9-5-7-13(3,15)12(14)17/h10-11H,4-9,15H2,1-3H3,(H2,14,17). The van der Waals surface area contributed by atoms with Crippen LogP contribution in [0.25, 0.3) is 0 Å². The van der Waals surface area contributed by atoms with E-state index < -0.39 is 11.4 Å². The van der Waals surface area contributed by atoms with Crippen LogP contribution in [0.15, 0.2) is 0 Å². The van der Waals surface area contributed by atoms with E-state index >= 15 is 0 Å². The zero-order valence-corrected chi connectivity index (χ0v) is 11.4. The SMILES string of the molecule is CC1CCCN(CCCC(C)(N)C(N)=O)C1C. The molecule has 3 unspecified atom stereocenters. The van der Waals surface area contributed by atoms with Crippen LogP contribution in [0.2, 0.25) is 0 Å². The maximum atomic E-state index is 11.1. The number of carbonyl (C=O) groups is 1. The van der Waals surface area contributed by atoms with Gasteiger partial charge >= 0.3 is 0 Å². The van der Waals surface area contributed by atoms with Gasteiger partial charge in [-0.3, -0.25) is 4.79 Å². The molecule has 1 heterocycles. The number of nitrogens with zero attached hydrogens (tertiary/aromatic N) is 1. The Morgan fingerprint density at radius 3 is 2.71 bits per heavy atom. The fourth-order valence-corrected chi connectivity index (χ4v) is 2.51. The van der Waals surface area contributed by atoms with Crippen LogP contribution in [0.4, 0.5) is 0 Å². The first-order valence-electron chi connectivity index (χ1n) is 6.67. The first-order chi connectivity index (χ1) is 7.84. The minimum Gasteiger partial charge on any atom is -0.368 e. The van der Waals surface area contributed by atoms with Gasteiger partial charge in [0.25, 0.3) is 0 Å². The predicted molar refractivity (Wildman–Crippen MR) is 70.5 cm³/mol. The van der Waals surface area contributed by atoms with Gasteiger partial charge in [-0.2, -0.15) is 0 Å². The van der Waals surface area contributed by atoms with Gasteiger partial charge < -0.3 is 16.4 Å². The van der Waals surface area contributed by atoms with Crippen molar-refractivity contribution < 1.29 is 4.79 Å². The second-order valence-electron chi connectivity index (χ2n) is 5.78. The minimum atomic E-state index is -0.857. The Kier molecular flexibility index (Phi) is 4.95. The molecule has 0 aromatic carbocycles. The lowest BCUT2D eigenvalue weighted by Crippen LogP contribution is -2.50.